The molecule has 0 saturated carbocycles. The van der Waals surface area contributed by atoms with Gasteiger partial charge in [0.2, 0.25) is 0 Å². The third-order valence-corrected chi connectivity index (χ3v) is 2.39. The maximum absolute atomic E-state index is 10.8. The van der Waals surface area contributed by atoms with E-state index in [0.29, 0.717) is 10.6 Å². The molecule has 18 heavy (non-hydrogen) atoms. The first kappa shape index (κ1) is 17.1. The van der Waals surface area contributed by atoms with Gasteiger partial charge in [-0.2, -0.15) is 0 Å². The summed E-state index contributed by atoms with van der Waals surface area (Å²) in [4.78, 5) is 10.8. The van der Waals surface area contributed by atoms with Crippen LogP contribution in [0.3, 0.4) is 0 Å². The summed E-state index contributed by atoms with van der Waals surface area (Å²) in [6, 6.07) is 7.01. The fourth-order valence-electron chi connectivity index (χ4n) is 1.26. The first-order valence-electron chi connectivity index (χ1n) is 6.01. The van der Waals surface area contributed by atoms with Crippen LogP contribution in [-0.4, -0.2) is 25.3 Å². The lowest BCUT2D eigenvalue weighted by Crippen LogP contribution is -2.11. The molecule has 1 aromatic rings. The minimum absolute atomic E-state index is 0.00519. The molecule has 0 aliphatic heterocycles. The highest BCUT2D eigenvalue weighted by Crippen LogP contribution is 2.14. The van der Waals surface area contributed by atoms with E-state index in [1.54, 1.807) is 24.3 Å². The zero-order valence-electron chi connectivity index (χ0n) is 11.4. The molecule has 3 nitrogen and oxygen atoms in total. The van der Waals surface area contributed by atoms with Crippen LogP contribution in [0.1, 0.15) is 38.1 Å². The highest BCUT2D eigenvalue weighted by atomic mass is 35.5. The Balaban J connectivity index is 0.000000331. The number of hydrogen-bond donors (Lipinski definition) is 0. The SMILES string of the molecule is CC(=O)c1ccccc1Cl.CCOC(C)OCC. The van der Waals surface area contributed by atoms with Crippen molar-refractivity contribution < 1.29 is 14.3 Å². The van der Waals surface area contributed by atoms with Gasteiger partial charge in [-0.3, -0.25) is 4.79 Å². The molecule has 0 fully saturated rings. The lowest BCUT2D eigenvalue weighted by molar-refractivity contribution is -0.123. The number of halogens is 1. The number of carbonyl (C=O) groups is 1. The topological polar surface area (TPSA) is 35.5 Å². The van der Waals surface area contributed by atoms with Gasteiger partial charge >= 0.3 is 0 Å². The summed E-state index contributed by atoms with van der Waals surface area (Å²) in [6.45, 7) is 8.75. The van der Waals surface area contributed by atoms with Gasteiger partial charge in [0.1, 0.15) is 0 Å². The summed E-state index contributed by atoms with van der Waals surface area (Å²) in [5, 5.41) is 0.523. The first-order valence-corrected chi connectivity index (χ1v) is 6.39. The van der Waals surface area contributed by atoms with Crippen LogP contribution in [-0.2, 0) is 9.47 Å². The van der Waals surface area contributed by atoms with Crippen molar-refractivity contribution in [2.75, 3.05) is 13.2 Å². The summed E-state index contributed by atoms with van der Waals surface area (Å²) in [5.41, 5.74) is 0.587. The van der Waals surface area contributed by atoms with Crippen molar-refractivity contribution in [3.63, 3.8) is 0 Å². The van der Waals surface area contributed by atoms with Crippen molar-refractivity contribution in [2.24, 2.45) is 0 Å². The van der Waals surface area contributed by atoms with Crippen LogP contribution in [0.25, 0.3) is 0 Å². The van der Waals surface area contributed by atoms with Gasteiger partial charge in [0, 0.05) is 18.8 Å². The molecule has 0 bridgehead atoms. The van der Waals surface area contributed by atoms with E-state index in [9.17, 15) is 4.79 Å². The Morgan fingerprint density at radius 3 is 2.06 bits per heavy atom. The lowest BCUT2D eigenvalue weighted by atomic mass is 10.1. The van der Waals surface area contributed by atoms with Gasteiger partial charge in [0.05, 0.1) is 5.02 Å². The summed E-state index contributed by atoms with van der Waals surface area (Å²) in [7, 11) is 0. The molecule has 0 radical (unpaired) electrons. The predicted octanol–water partition coefficient (Wildman–Crippen LogP) is 3.95. The van der Waals surface area contributed by atoms with E-state index < -0.39 is 0 Å². The molecule has 0 N–H and O–H groups in total. The second-order valence-electron chi connectivity index (χ2n) is 3.51. The molecule has 1 rings (SSSR count). The van der Waals surface area contributed by atoms with Crippen molar-refractivity contribution in [3.8, 4) is 0 Å². The molecular weight excluding hydrogens is 252 g/mol. The van der Waals surface area contributed by atoms with Gasteiger partial charge < -0.3 is 9.47 Å². The number of rotatable bonds is 5. The zero-order valence-corrected chi connectivity index (χ0v) is 12.2. The molecule has 4 heteroatoms. The number of carbonyl (C=O) groups excluding carboxylic acids is 1. The monoisotopic (exact) mass is 272 g/mol. The Morgan fingerprint density at radius 2 is 1.72 bits per heavy atom. The van der Waals surface area contributed by atoms with E-state index in [1.165, 1.54) is 6.92 Å². The molecule has 1 aromatic carbocycles. The molecule has 0 aliphatic carbocycles. The lowest BCUT2D eigenvalue weighted by Gasteiger charge is -2.09. The van der Waals surface area contributed by atoms with E-state index in [4.69, 9.17) is 21.1 Å². The first-order chi connectivity index (χ1) is 8.52. The van der Waals surface area contributed by atoms with Crippen LogP contribution in [0.5, 0.6) is 0 Å². The quantitative estimate of drug-likeness (QED) is 0.601. The van der Waals surface area contributed by atoms with Crippen molar-refractivity contribution in [3.05, 3.63) is 34.9 Å². The van der Waals surface area contributed by atoms with E-state index in [1.807, 2.05) is 20.8 Å². The van der Waals surface area contributed by atoms with Crippen LogP contribution in [0, 0.1) is 0 Å². The predicted molar refractivity (Wildman–Crippen MR) is 74.2 cm³/mol. The van der Waals surface area contributed by atoms with E-state index in [2.05, 4.69) is 0 Å². The number of hydrogen-bond acceptors (Lipinski definition) is 3. The Hall–Kier alpha value is -0.900. The van der Waals surface area contributed by atoms with Crippen molar-refractivity contribution in [1.82, 2.24) is 0 Å². The standard InChI is InChI=1S/C8H7ClO.C6H14O2/c1-6(10)7-4-2-3-5-8(7)9;1-4-7-6(3)8-5-2/h2-5H,1H3;6H,4-5H2,1-3H3. The van der Waals surface area contributed by atoms with E-state index >= 15 is 0 Å². The summed E-state index contributed by atoms with van der Waals surface area (Å²) in [5.74, 6) is 0.00519. The number of ketones is 1. The van der Waals surface area contributed by atoms with E-state index in [0.717, 1.165) is 13.2 Å². The van der Waals surface area contributed by atoms with Crippen molar-refractivity contribution in [2.45, 2.75) is 34.0 Å². The average molecular weight is 273 g/mol. The fourth-order valence-corrected chi connectivity index (χ4v) is 1.53. The molecule has 0 atom stereocenters. The average Bonchev–Trinajstić information content (AvgIpc) is 2.30. The molecule has 0 aliphatic rings. The Labute approximate surface area is 114 Å². The minimum atomic E-state index is -0.0370. The summed E-state index contributed by atoms with van der Waals surface area (Å²) in [6.07, 6.45) is -0.0370. The number of benzene rings is 1. The van der Waals surface area contributed by atoms with E-state index in [-0.39, 0.29) is 12.1 Å². The normalized spacial score (nSPS) is 9.89. The molecule has 102 valence electrons. The molecule has 0 aromatic heterocycles. The van der Waals surface area contributed by atoms with Gasteiger partial charge in [-0.15, -0.1) is 0 Å². The maximum Gasteiger partial charge on any atom is 0.161 e. The highest BCUT2D eigenvalue weighted by molar-refractivity contribution is 6.33. The molecular formula is C14H21ClO3. The van der Waals surface area contributed by atoms with Gasteiger partial charge in [0.25, 0.3) is 0 Å². The molecule has 0 spiro atoms. The van der Waals surface area contributed by atoms with Crippen LogP contribution >= 0.6 is 11.6 Å². The van der Waals surface area contributed by atoms with Crippen LogP contribution in [0.4, 0.5) is 0 Å². The van der Waals surface area contributed by atoms with Crippen LogP contribution < -0.4 is 0 Å². The number of ether oxygens (including phenoxy) is 2. The smallest absolute Gasteiger partial charge is 0.161 e. The Bertz CT molecular complexity index is 347. The third-order valence-electron chi connectivity index (χ3n) is 2.06. The van der Waals surface area contributed by atoms with Gasteiger partial charge in [0.15, 0.2) is 12.1 Å². The second kappa shape index (κ2) is 10.1. The Morgan fingerprint density at radius 1 is 1.22 bits per heavy atom. The van der Waals surface area contributed by atoms with Crippen molar-refractivity contribution >= 4 is 17.4 Å². The van der Waals surface area contributed by atoms with Crippen LogP contribution in [0.2, 0.25) is 5.02 Å². The largest absolute Gasteiger partial charge is 0.353 e. The van der Waals surface area contributed by atoms with Gasteiger partial charge in [-0.05, 0) is 39.8 Å². The fraction of sp³-hybridized carbons (Fsp3) is 0.500. The van der Waals surface area contributed by atoms with Gasteiger partial charge in [-0.25, -0.2) is 0 Å². The maximum atomic E-state index is 10.8. The molecule has 0 amide bonds. The summed E-state index contributed by atoms with van der Waals surface area (Å²) < 4.78 is 10.1. The Kier molecular flexibility index (Phi) is 9.56. The molecule has 0 saturated heterocycles. The zero-order chi connectivity index (χ0) is 14.0. The second-order valence-corrected chi connectivity index (χ2v) is 3.92. The van der Waals surface area contributed by atoms with Crippen molar-refractivity contribution in [1.29, 1.82) is 0 Å². The highest BCUT2D eigenvalue weighted by Gasteiger charge is 2.01. The molecule has 0 unspecified atom stereocenters. The molecule has 0 heterocycles. The summed E-state index contributed by atoms with van der Waals surface area (Å²) >= 11 is 5.70. The van der Waals surface area contributed by atoms with Gasteiger partial charge in [-0.1, -0.05) is 23.7 Å². The third kappa shape index (κ3) is 7.43. The number of Topliss-reactive ketones (excluding diaryl/α,β-unsaturated/α-hetero) is 1. The minimum Gasteiger partial charge on any atom is -0.353 e. The van der Waals surface area contributed by atoms with Crippen LogP contribution in [0.15, 0.2) is 24.3 Å².